The molecule has 0 amide bonds. The second kappa shape index (κ2) is 4.45. The van der Waals surface area contributed by atoms with Crippen molar-refractivity contribution in [3.63, 3.8) is 0 Å². The lowest BCUT2D eigenvalue weighted by molar-refractivity contribution is 0.122. The summed E-state index contributed by atoms with van der Waals surface area (Å²) in [5.74, 6) is 0. The zero-order valence-electron chi connectivity index (χ0n) is 11.4. The Hall–Kier alpha value is -1.82. The number of benzene rings is 1. The van der Waals surface area contributed by atoms with E-state index in [2.05, 4.69) is 25.0 Å². The van der Waals surface area contributed by atoms with Crippen LogP contribution >= 0.6 is 0 Å². The van der Waals surface area contributed by atoms with Crippen LogP contribution in [-0.4, -0.2) is 16.3 Å². The van der Waals surface area contributed by atoms with Gasteiger partial charge in [0.1, 0.15) is 0 Å². The lowest BCUT2D eigenvalue weighted by Crippen LogP contribution is -2.38. The maximum Gasteiger partial charge on any atom is 0.159 e. The van der Waals surface area contributed by atoms with E-state index in [9.17, 15) is 5.26 Å². The van der Waals surface area contributed by atoms with Gasteiger partial charge in [0.05, 0.1) is 11.6 Å². The lowest BCUT2D eigenvalue weighted by Gasteiger charge is -2.34. The van der Waals surface area contributed by atoms with Gasteiger partial charge in [-0.3, -0.25) is 5.01 Å². The molecule has 0 N–H and O–H groups in total. The van der Waals surface area contributed by atoms with E-state index < -0.39 is 0 Å². The molecule has 0 radical (unpaired) electrons. The third-order valence-electron chi connectivity index (χ3n) is 3.44. The van der Waals surface area contributed by atoms with Crippen molar-refractivity contribution in [2.75, 3.05) is 0 Å². The predicted molar refractivity (Wildman–Crippen MR) is 73.2 cm³/mol. The standard InChI is InChI=1S/C15H19N3/c1-11-7-5-6-8-13(11)14(10-16)18-15(3,4)9-12(2)17-18/h5-8,14H,9H2,1-4H3/t14-/m1/s1. The normalized spacial score (nSPS) is 19.3. The van der Waals surface area contributed by atoms with Gasteiger partial charge >= 0.3 is 0 Å². The third kappa shape index (κ3) is 2.11. The van der Waals surface area contributed by atoms with Crippen molar-refractivity contribution in [2.45, 2.75) is 45.7 Å². The molecule has 0 bridgehead atoms. The SMILES string of the molecule is CC1=NN([C@H](C#N)c2ccccc2C)C(C)(C)C1. The number of hydrazone groups is 1. The third-order valence-corrected chi connectivity index (χ3v) is 3.44. The maximum absolute atomic E-state index is 9.52. The summed E-state index contributed by atoms with van der Waals surface area (Å²) in [4.78, 5) is 0. The highest BCUT2D eigenvalue weighted by molar-refractivity contribution is 5.84. The van der Waals surface area contributed by atoms with Crippen LogP contribution in [0.1, 0.15) is 44.4 Å². The molecule has 0 spiro atoms. The summed E-state index contributed by atoms with van der Waals surface area (Å²) in [7, 11) is 0. The molecule has 1 aliphatic rings. The predicted octanol–water partition coefficient (Wildman–Crippen LogP) is 3.42. The van der Waals surface area contributed by atoms with Gasteiger partial charge in [0.15, 0.2) is 6.04 Å². The summed E-state index contributed by atoms with van der Waals surface area (Å²) in [6.07, 6.45) is 0.914. The average molecular weight is 241 g/mol. The minimum absolute atomic E-state index is 0.0905. The van der Waals surface area contributed by atoms with Gasteiger partial charge in [-0.05, 0) is 38.8 Å². The van der Waals surface area contributed by atoms with E-state index in [4.69, 9.17) is 0 Å². The molecule has 1 atom stereocenters. The van der Waals surface area contributed by atoms with Crippen molar-refractivity contribution < 1.29 is 0 Å². The number of hydrogen-bond donors (Lipinski definition) is 0. The quantitative estimate of drug-likeness (QED) is 0.795. The van der Waals surface area contributed by atoms with Crippen LogP contribution in [0, 0.1) is 18.3 Å². The highest BCUT2D eigenvalue weighted by Crippen LogP contribution is 2.36. The first-order valence-electron chi connectivity index (χ1n) is 6.24. The van der Waals surface area contributed by atoms with E-state index >= 15 is 0 Å². The molecule has 0 unspecified atom stereocenters. The van der Waals surface area contributed by atoms with Gasteiger partial charge < -0.3 is 0 Å². The minimum Gasteiger partial charge on any atom is -0.269 e. The molecule has 1 aliphatic heterocycles. The highest BCUT2D eigenvalue weighted by Gasteiger charge is 2.38. The molecule has 1 aromatic carbocycles. The molecule has 18 heavy (non-hydrogen) atoms. The van der Waals surface area contributed by atoms with Gasteiger partial charge in [-0.1, -0.05) is 24.3 Å². The van der Waals surface area contributed by atoms with Gasteiger partial charge in [-0.15, -0.1) is 0 Å². The second-order valence-electron chi connectivity index (χ2n) is 5.56. The van der Waals surface area contributed by atoms with Gasteiger partial charge in [0.25, 0.3) is 0 Å². The fourth-order valence-corrected chi connectivity index (χ4v) is 2.62. The number of aryl methyl sites for hydroxylation is 1. The Morgan fingerprint density at radius 2 is 2.00 bits per heavy atom. The Kier molecular flexibility index (Phi) is 3.13. The maximum atomic E-state index is 9.52. The smallest absolute Gasteiger partial charge is 0.159 e. The van der Waals surface area contributed by atoms with Crippen molar-refractivity contribution in [2.24, 2.45) is 5.10 Å². The Labute approximate surface area is 109 Å². The molecular weight excluding hydrogens is 222 g/mol. The Morgan fingerprint density at radius 3 is 2.50 bits per heavy atom. The molecule has 0 saturated heterocycles. The summed E-state index contributed by atoms with van der Waals surface area (Å²) >= 11 is 0. The van der Waals surface area contributed by atoms with Crippen LogP contribution in [0.3, 0.4) is 0 Å². The number of nitriles is 1. The fourth-order valence-electron chi connectivity index (χ4n) is 2.62. The summed E-state index contributed by atoms with van der Waals surface area (Å²) < 4.78 is 0. The summed E-state index contributed by atoms with van der Waals surface area (Å²) in [5, 5.41) is 16.0. The van der Waals surface area contributed by atoms with Crippen molar-refractivity contribution >= 4 is 5.71 Å². The van der Waals surface area contributed by atoms with E-state index in [-0.39, 0.29) is 11.6 Å². The first-order chi connectivity index (χ1) is 8.45. The van der Waals surface area contributed by atoms with Gasteiger partial charge in [0.2, 0.25) is 0 Å². The molecule has 0 fully saturated rings. The van der Waals surface area contributed by atoms with E-state index in [1.165, 1.54) is 0 Å². The van der Waals surface area contributed by atoms with Gasteiger partial charge in [0, 0.05) is 12.1 Å². The molecular formula is C15H19N3. The first-order valence-corrected chi connectivity index (χ1v) is 6.24. The van der Waals surface area contributed by atoms with Crippen molar-refractivity contribution in [1.29, 1.82) is 5.26 Å². The monoisotopic (exact) mass is 241 g/mol. The Balaban J connectivity index is 2.42. The van der Waals surface area contributed by atoms with E-state index in [0.29, 0.717) is 0 Å². The van der Waals surface area contributed by atoms with E-state index in [0.717, 1.165) is 23.3 Å². The molecule has 94 valence electrons. The van der Waals surface area contributed by atoms with Crippen molar-refractivity contribution in [1.82, 2.24) is 5.01 Å². The summed E-state index contributed by atoms with van der Waals surface area (Å²) in [5.41, 5.74) is 3.19. The molecule has 1 heterocycles. The molecule has 3 heteroatoms. The largest absolute Gasteiger partial charge is 0.269 e. The first kappa shape index (κ1) is 12.6. The second-order valence-corrected chi connectivity index (χ2v) is 5.56. The van der Waals surface area contributed by atoms with E-state index in [1.54, 1.807) is 0 Å². The van der Waals surface area contributed by atoms with Crippen LogP contribution in [0.2, 0.25) is 0 Å². The van der Waals surface area contributed by atoms with Crippen molar-refractivity contribution in [3.05, 3.63) is 35.4 Å². The van der Waals surface area contributed by atoms with Crippen LogP contribution in [0.5, 0.6) is 0 Å². The van der Waals surface area contributed by atoms with Gasteiger partial charge in [-0.25, -0.2) is 0 Å². The zero-order valence-corrected chi connectivity index (χ0v) is 11.4. The van der Waals surface area contributed by atoms with Gasteiger partial charge in [-0.2, -0.15) is 10.4 Å². The lowest BCUT2D eigenvalue weighted by atomic mass is 9.94. The van der Waals surface area contributed by atoms with Crippen LogP contribution < -0.4 is 0 Å². The molecule has 0 aromatic heterocycles. The van der Waals surface area contributed by atoms with Crippen LogP contribution in [0.4, 0.5) is 0 Å². The summed E-state index contributed by atoms with van der Waals surface area (Å²) in [6.45, 7) is 8.33. The fraction of sp³-hybridized carbons (Fsp3) is 0.467. The van der Waals surface area contributed by atoms with Crippen molar-refractivity contribution in [3.8, 4) is 6.07 Å². The molecule has 1 aromatic rings. The zero-order chi connectivity index (χ0) is 13.3. The molecule has 2 rings (SSSR count). The summed E-state index contributed by atoms with van der Waals surface area (Å²) in [6, 6.07) is 10.1. The molecule has 0 saturated carbocycles. The minimum atomic E-state index is -0.307. The molecule has 3 nitrogen and oxygen atoms in total. The Morgan fingerprint density at radius 1 is 1.33 bits per heavy atom. The average Bonchev–Trinajstić information content (AvgIpc) is 2.56. The topological polar surface area (TPSA) is 39.4 Å². The number of nitrogens with zero attached hydrogens (tertiary/aromatic N) is 3. The van der Waals surface area contributed by atoms with Crippen LogP contribution in [-0.2, 0) is 0 Å². The number of rotatable bonds is 2. The number of hydrogen-bond acceptors (Lipinski definition) is 3. The molecule has 0 aliphatic carbocycles. The highest BCUT2D eigenvalue weighted by atomic mass is 15.5. The van der Waals surface area contributed by atoms with Crippen LogP contribution in [0.15, 0.2) is 29.4 Å². The van der Waals surface area contributed by atoms with E-state index in [1.807, 2.05) is 43.1 Å². The Bertz CT molecular complexity index is 523. The van der Waals surface area contributed by atoms with Crippen LogP contribution in [0.25, 0.3) is 0 Å².